The van der Waals surface area contributed by atoms with E-state index in [4.69, 9.17) is 4.74 Å². The number of nitrogens with zero attached hydrogens (tertiary/aromatic N) is 2. The molecule has 158 valence electrons. The number of carbonyl (C=O) groups excluding carboxylic acids is 1. The van der Waals surface area contributed by atoms with Crippen molar-refractivity contribution in [2.75, 3.05) is 5.32 Å². The summed E-state index contributed by atoms with van der Waals surface area (Å²) in [7, 11) is 0. The van der Waals surface area contributed by atoms with Crippen LogP contribution in [0.4, 0.5) is 10.2 Å². The van der Waals surface area contributed by atoms with E-state index in [1.165, 1.54) is 23.5 Å². The van der Waals surface area contributed by atoms with Crippen LogP contribution in [0, 0.1) is 19.7 Å². The Kier molecular flexibility index (Phi) is 6.13. The average Bonchev–Trinajstić information content (AvgIpc) is 3.40. The molecule has 5 nitrogen and oxygen atoms in total. The highest BCUT2D eigenvalue weighted by atomic mass is 32.1. The SMILES string of the molecule is Cc1ccc(C)c(OCc2csc(C(=O)Nc3ccn(Cc4ccc(F)cc4)n3)c2)c1. The molecule has 2 aromatic carbocycles. The van der Waals surface area contributed by atoms with Gasteiger partial charge in [0.25, 0.3) is 5.91 Å². The van der Waals surface area contributed by atoms with Crippen molar-refractivity contribution >= 4 is 23.1 Å². The number of hydrogen-bond donors (Lipinski definition) is 1. The van der Waals surface area contributed by atoms with E-state index >= 15 is 0 Å². The molecule has 7 heteroatoms. The van der Waals surface area contributed by atoms with Gasteiger partial charge in [-0.3, -0.25) is 9.48 Å². The minimum atomic E-state index is -0.271. The lowest BCUT2D eigenvalue weighted by Crippen LogP contribution is -2.11. The van der Waals surface area contributed by atoms with E-state index in [0.29, 0.717) is 23.8 Å². The summed E-state index contributed by atoms with van der Waals surface area (Å²) >= 11 is 1.37. The van der Waals surface area contributed by atoms with Crippen LogP contribution in [-0.2, 0) is 13.2 Å². The van der Waals surface area contributed by atoms with Gasteiger partial charge in [0, 0.05) is 17.8 Å². The maximum absolute atomic E-state index is 13.0. The summed E-state index contributed by atoms with van der Waals surface area (Å²) in [5.74, 6) is 0.833. The minimum Gasteiger partial charge on any atom is -0.489 e. The Morgan fingerprint density at radius 1 is 1.10 bits per heavy atom. The maximum Gasteiger partial charge on any atom is 0.266 e. The summed E-state index contributed by atoms with van der Waals surface area (Å²) < 4.78 is 20.6. The fourth-order valence-corrected chi connectivity index (χ4v) is 3.86. The summed E-state index contributed by atoms with van der Waals surface area (Å²) in [5, 5.41) is 9.10. The largest absolute Gasteiger partial charge is 0.489 e. The molecule has 0 aliphatic rings. The van der Waals surface area contributed by atoms with Crippen LogP contribution in [0.5, 0.6) is 5.75 Å². The number of carbonyl (C=O) groups is 1. The maximum atomic E-state index is 13.0. The van der Waals surface area contributed by atoms with Gasteiger partial charge < -0.3 is 10.1 Å². The predicted molar refractivity (Wildman–Crippen MR) is 120 cm³/mol. The number of amides is 1. The molecule has 1 N–H and O–H groups in total. The molecule has 0 saturated carbocycles. The zero-order valence-corrected chi connectivity index (χ0v) is 18.1. The van der Waals surface area contributed by atoms with Crippen LogP contribution in [0.15, 0.2) is 66.2 Å². The Morgan fingerprint density at radius 2 is 1.90 bits per heavy atom. The molecule has 0 saturated heterocycles. The number of ether oxygens (including phenoxy) is 1. The van der Waals surface area contributed by atoms with E-state index in [2.05, 4.69) is 16.5 Å². The molecule has 0 atom stereocenters. The molecule has 1 amide bonds. The highest BCUT2D eigenvalue weighted by Gasteiger charge is 2.12. The minimum absolute atomic E-state index is 0.213. The molecule has 0 fully saturated rings. The predicted octanol–water partition coefficient (Wildman–Crippen LogP) is 5.58. The van der Waals surface area contributed by atoms with Crippen molar-refractivity contribution in [2.45, 2.75) is 27.0 Å². The number of rotatable bonds is 7. The lowest BCUT2D eigenvalue weighted by atomic mass is 10.1. The highest BCUT2D eigenvalue weighted by molar-refractivity contribution is 7.12. The van der Waals surface area contributed by atoms with Crippen molar-refractivity contribution in [1.29, 1.82) is 0 Å². The number of halogens is 1. The van der Waals surface area contributed by atoms with Crippen molar-refractivity contribution in [2.24, 2.45) is 0 Å². The summed E-state index contributed by atoms with van der Waals surface area (Å²) in [6.45, 7) is 4.94. The van der Waals surface area contributed by atoms with Gasteiger partial charge in [-0.1, -0.05) is 24.3 Å². The molecule has 4 aromatic rings. The molecule has 2 heterocycles. The monoisotopic (exact) mass is 435 g/mol. The van der Waals surface area contributed by atoms with Gasteiger partial charge in [-0.15, -0.1) is 11.3 Å². The fourth-order valence-electron chi connectivity index (χ4n) is 3.07. The third-order valence-corrected chi connectivity index (χ3v) is 5.73. The van der Waals surface area contributed by atoms with Crippen molar-refractivity contribution in [3.8, 4) is 5.75 Å². The molecule has 0 spiro atoms. The molecular formula is C24H22FN3O2S. The van der Waals surface area contributed by atoms with E-state index in [9.17, 15) is 9.18 Å². The first-order chi connectivity index (χ1) is 15.0. The molecule has 4 rings (SSSR count). The molecular weight excluding hydrogens is 413 g/mol. The zero-order chi connectivity index (χ0) is 21.8. The number of benzene rings is 2. The Labute approximate surface area is 184 Å². The lowest BCUT2D eigenvalue weighted by Gasteiger charge is -2.08. The topological polar surface area (TPSA) is 56.1 Å². The number of anilines is 1. The molecule has 0 aliphatic carbocycles. The summed E-state index contributed by atoms with van der Waals surface area (Å²) in [6.07, 6.45) is 1.77. The third-order valence-electron chi connectivity index (χ3n) is 4.76. The van der Waals surface area contributed by atoms with E-state index in [1.54, 1.807) is 29.1 Å². The smallest absolute Gasteiger partial charge is 0.266 e. The second kappa shape index (κ2) is 9.14. The summed E-state index contributed by atoms with van der Waals surface area (Å²) in [4.78, 5) is 13.2. The number of thiophene rings is 1. The molecule has 2 aromatic heterocycles. The number of aryl methyl sites for hydroxylation is 2. The first kappa shape index (κ1) is 20.8. The van der Waals surface area contributed by atoms with Crippen LogP contribution < -0.4 is 10.1 Å². The van der Waals surface area contributed by atoms with Crippen LogP contribution in [0.3, 0.4) is 0 Å². The van der Waals surface area contributed by atoms with Crippen LogP contribution >= 0.6 is 11.3 Å². The molecule has 31 heavy (non-hydrogen) atoms. The molecule has 0 aliphatic heterocycles. The Bertz CT molecular complexity index is 1200. The van der Waals surface area contributed by atoms with Gasteiger partial charge in [0.05, 0.1) is 11.4 Å². The second-order valence-corrected chi connectivity index (χ2v) is 8.27. The van der Waals surface area contributed by atoms with E-state index in [1.807, 2.05) is 37.4 Å². The first-order valence-electron chi connectivity index (χ1n) is 9.83. The van der Waals surface area contributed by atoms with Crippen LogP contribution in [0.25, 0.3) is 0 Å². The molecule has 0 unspecified atom stereocenters. The molecule has 0 bridgehead atoms. The normalized spacial score (nSPS) is 10.8. The van der Waals surface area contributed by atoms with Crippen molar-refractivity contribution in [1.82, 2.24) is 9.78 Å². The van der Waals surface area contributed by atoms with Crippen LogP contribution in [0.1, 0.15) is 31.9 Å². The second-order valence-electron chi connectivity index (χ2n) is 7.36. The number of aromatic nitrogens is 2. The Morgan fingerprint density at radius 3 is 2.71 bits per heavy atom. The lowest BCUT2D eigenvalue weighted by molar-refractivity contribution is 0.103. The van der Waals surface area contributed by atoms with Crippen LogP contribution in [0.2, 0.25) is 0 Å². The van der Waals surface area contributed by atoms with Crippen molar-refractivity contribution in [3.63, 3.8) is 0 Å². The third kappa shape index (κ3) is 5.38. The number of nitrogens with one attached hydrogen (secondary N) is 1. The van der Waals surface area contributed by atoms with Gasteiger partial charge in [0.2, 0.25) is 0 Å². The van der Waals surface area contributed by atoms with Crippen LogP contribution in [-0.4, -0.2) is 15.7 Å². The summed E-state index contributed by atoms with van der Waals surface area (Å²) in [5.41, 5.74) is 4.09. The zero-order valence-electron chi connectivity index (χ0n) is 17.3. The van der Waals surface area contributed by atoms with Gasteiger partial charge in [-0.2, -0.15) is 5.10 Å². The van der Waals surface area contributed by atoms with Gasteiger partial charge in [0.1, 0.15) is 18.2 Å². The highest BCUT2D eigenvalue weighted by Crippen LogP contribution is 2.22. The summed E-state index contributed by atoms with van der Waals surface area (Å²) in [6, 6.07) is 15.9. The van der Waals surface area contributed by atoms with Gasteiger partial charge in [-0.25, -0.2) is 4.39 Å². The Balaban J connectivity index is 1.34. The van der Waals surface area contributed by atoms with Gasteiger partial charge in [-0.05, 0) is 60.2 Å². The Hall–Kier alpha value is -3.45. The first-order valence-corrected chi connectivity index (χ1v) is 10.7. The van der Waals surface area contributed by atoms with Crippen molar-refractivity contribution in [3.05, 3.63) is 99.1 Å². The van der Waals surface area contributed by atoms with E-state index in [-0.39, 0.29) is 11.7 Å². The molecule has 0 radical (unpaired) electrons. The van der Waals surface area contributed by atoms with Gasteiger partial charge >= 0.3 is 0 Å². The number of hydrogen-bond acceptors (Lipinski definition) is 4. The van der Waals surface area contributed by atoms with E-state index in [0.717, 1.165) is 28.0 Å². The standard InChI is InChI=1S/C24H22FN3O2S/c1-16-3-4-17(2)21(11-16)30-14-19-12-22(31-15-19)24(29)26-23-9-10-28(27-23)13-18-5-7-20(25)8-6-18/h3-12,15H,13-14H2,1-2H3,(H,26,27,29). The quantitative estimate of drug-likeness (QED) is 0.412. The van der Waals surface area contributed by atoms with Gasteiger partial charge in [0.15, 0.2) is 5.82 Å². The average molecular weight is 436 g/mol. The van der Waals surface area contributed by atoms with E-state index < -0.39 is 0 Å². The van der Waals surface area contributed by atoms with Crippen molar-refractivity contribution < 1.29 is 13.9 Å². The fraction of sp³-hybridized carbons (Fsp3) is 0.167.